The fraction of sp³-hybridized carbons (Fsp3) is 0.526. The zero-order valence-corrected chi connectivity index (χ0v) is 15.2. The third kappa shape index (κ3) is 3.62. The number of likely N-dealkylation sites (N-methyl/N-ethyl adjacent to an activating group) is 1. The molecule has 3 rings (SSSR count). The van der Waals surface area contributed by atoms with Crippen molar-refractivity contribution >= 4 is 16.6 Å². The van der Waals surface area contributed by atoms with Crippen LogP contribution in [0.25, 0.3) is 10.9 Å². The van der Waals surface area contributed by atoms with E-state index in [0.717, 1.165) is 49.4 Å². The van der Waals surface area contributed by atoms with Crippen LogP contribution in [-0.2, 0) is 0 Å². The highest BCUT2D eigenvalue weighted by atomic mass is 16.5. The molecule has 2 aromatic rings. The van der Waals surface area contributed by atoms with Crippen LogP contribution >= 0.6 is 0 Å². The summed E-state index contributed by atoms with van der Waals surface area (Å²) in [6.45, 7) is 10.0. The van der Waals surface area contributed by atoms with Crippen molar-refractivity contribution in [2.24, 2.45) is 0 Å². The van der Waals surface area contributed by atoms with Crippen molar-refractivity contribution < 1.29 is 4.74 Å². The van der Waals surface area contributed by atoms with Gasteiger partial charge in [0.15, 0.2) is 0 Å². The summed E-state index contributed by atoms with van der Waals surface area (Å²) in [6.07, 6.45) is 1.93. The number of methoxy groups -OCH3 is 1. The Bertz CT molecular complexity index is 695. The summed E-state index contributed by atoms with van der Waals surface area (Å²) in [7, 11) is 3.89. The van der Waals surface area contributed by atoms with Gasteiger partial charge in [0.05, 0.1) is 7.11 Å². The summed E-state index contributed by atoms with van der Waals surface area (Å²) in [5, 5.41) is 4.84. The van der Waals surface area contributed by atoms with Crippen LogP contribution in [0.5, 0.6) is 5.75 Å². The van der Waals surface area contributed by atoms with Crippen LogP contribution in [0.3, 0.4) is 0 Å². The van der Waals surface area contributed by atoms with Gasteiger partial charge < -0.3 is 15.0 Å². The predicted octanol–water partition coefficient (Wildman–Crippen LogP) is 2.60. The minimum absolute atomic E-state index is 0.379. The van der Waals surface area contributed by atoms with Gasteiger partial charge in [-0.15, -0.1) is 0 Å². The molecule has 0 spiro atoms. The summed E-state index contributed by atoms with van der Waals surface area (Å²) in [5.74, 6) is 0.822. The van der Waals surface area contributed by atoms with E-state index in [4.69, 9.17) is 4.74 Å². The lowest BCUT2D eigenvalue weighted by molar-refractivity contribution is 0.151. The van der Waals surface area contributed by atoms with E-state index < -0.39 is 0 Å². The summed E-state index contributed by atoms with van der Waals surface area (Å²) in [4.78, 5) is 9.49. The van der Waals surface area contributed by atoms with Gasteiger partial charge in [-0.2, -0.15) is 0 Å². The van der Waals surface area contributed by atoms with Crippen LogP contribution in [0.1, 0.15) is 12.5 Å². The number of aromatic nitrogens is 1. The molecule has 130 valence electrons. The van der Waals surface area contributed by atoms with Crippen LogP contribution in [0.15, 0.2) is 24.4 Å². The number of benzene rings is 1. The lowest BCUT2D eigenvalue weighted by Gasteiger charge is -2.34. The molecule has 1 aliphatic rings. The summed E-state index contributed by atoms with van der Waals surface area (Å²) in [5.41, 5.74) is 3.25. The van der Waals surface area contributed by atoms with Crippen molar-refractivity contribution in [1.29, 1.82) is 0 Å². The Morgan fingerprint density at radius 1 is 1.25 bits per heavy atom. The maximum atomic E-state index is 5.46. The second kappa shape index (κ2) is 7.36. The predicted molar refractivity (Wildman–Crippen MR) is 100 cm³/mol. The smallest absolute Gasteiger partial charge is 0.145 e. The number of hydrogen-bond acceptors (Lipinski definition) is 5. The van der Waals surface area contributed by atoms with Crippen LogP contribution in [0, 0.1) is 6.92 Å². The van der Waals surface area contributed by atoms with Crippen molar-refractivity contribution in [2.75, 3.05) is 52.2 Å². The maximum absolute atomic E-state index is 5.46. The molecule has 5 heteroatoms. The minimum atomic E-state index is 0.379. The zero-order valence-electron chi connectivity index (χ0n) is 15.2. The van der Waals surface area contributed by atoms with Crippen LogP contribution in [0.4, 0.5) is 5.69 Å². The fourth-order valence-corrected chi connectivity index (χ4v) is 3.36. The highest BCUT2D eigenvalue weighted by Crippen LogP contribution is 2.31. The summed E-state index contributed by atoms with van der Waals surface area (Å²) >= 11 is 0. The number of rotatable bonds is 5. The quantitative estimate of drug-likeness (QED) is 0.914. The standard InChI is InChI=1S/C19H28N4O/c1-14-12-20-19-16(6-5-7-17(19)24-4)18(14)21-15(2)13-23-10-8-22(3)9-11-23/h5-7,12,15H,8-11,13H2,1-4H3,(H,20,21). The number of nitrogens with one attached hydrogen (secondary N) is 1. The maximum Gasteiger partial charge on any atom is 0.145 e. The van der Waals surface area contributed by atoms with Crippen molar-refractivity contribution in [3.63, 3.8) is 0 Å². The topological polar surface area (TPSA) is 40.6 Å². The molecule has 0 amide bonds. The molecule has 1 aromatic heterocycles. The number of fused-ring (bicyclic) bond motifs is 1. The molecule has 1 aliphatic heterocycles. The normalized spacial score (nSPS) is 17.8. The molecule has 0 aliphatic carbocycles. The lowest BCUT2D eigenvalue weighted by Crippen LogP contribution is -2.47. The third-order valence-electron chi connectivity index (χ3n) is 4.79. The van der Waals surface area contributed by atoms with E-state index in [1.165, 1.54) is 11.3 Å². The van der Waals surface area contributed by atoms with Crippen molar-refractivity contribution in [2.45, 2.75) is 19.9 Å². The molecule has 1 atom stereocenters. The van der Waals surface area contributed by atoms with E-state index in [9.17, 15) is 0 Å². The average Bonchev–Trinajstić information content (AvgIpc) is 2.59. The number of para-hydroxylation sites is 1. The molecular weight excluding hydrogens is 300 g/mol. The second-order valence-corrected chi connectivity index (χ2v) is 6.82. The Morgan fingerprint density at radius 3 is 2.71 bits per heavy atom. The van der Waals surface area contributed by atoms with E-state index in [0.29, 0.717) is 6.04 Å². The first-order valence-electron chi connectivity index (χ1n) is 8.68. The molecule has 1 unspecified atom stereocenters. The van der Waals surface area contributed by atoms with Crippen molar-refractivity contribution in [3.8, 4) is 5.75 Å². The average molecular weight is 328 g/mol. The molecule has 0 saturated carbocycles. The largest absolute Gasteiger partial charge is 0.494 e. The molecule has 5 nitrogen and oxygen atoms in total. The van der Waals surface area contributed by atoms with E-state index in [-0.39, 0.29) is 0 Å². The lowest BCUT2D eigenvalue weighted by atomic mass is 10.1. The molecule has 1 aromatic carbocycles. The van der Waals surface area contributed by atoms with E-state index >= 15 is 0 Å². The SMILES string of the molecule is COc1cccc2c(NC(C)CN3CCN(C)CC3)c(C)cnc12. The number of hydrogen-bond donors (Lipinski definition) is 1. The van der Waals surface area contributed by atoms with E-state index in [2.05, 4.69) is 47.1 Å². The number of nitrogens with zero attached hydrogens (tertiary/aromatic N) is 3. The molecule has 2 heterocycles. The summed E-state index contributed by atoms with van der Waals surface area (Å²) < 4.78 is 5.46. The Kier molecular flexibility index (Phi) is 5.21. The van der Waals surface area contributed by atoms with Gasteiger partial charge in [0.1, 0.15) is 11.3 Å². The van der Waals surface area contributed by atoms with Crippen LogP contribution in [0.2, 0.25) is 0 Å². The van der Waals surface area contributed by atoms with Gasteiger partial charge >= 0.3 is 0 Å². The highest BCUT2D eigenvalue weighted by molar-refractivity contribution is 5.96. The molecule has 1 fully saturated rings. The Morgan fingerprint density at radius 2 is 2.00 bits per heavy atom. The van der Waals surface area contributed by atoms with Crippen LogP contribution < -0.4 is 10.1 Å². The first-order valence-corrected chi connectivity index (χ1v) is 8.68. The van der Waals surface area contributed by atoms with Gasteiger partial charge in [-0.1, -0.05) is 12.1 Å². The fourth-order valence-electron chi connectivity index (χ4n) is 3.36. The monoisotopic (exact) mass is 328 g/mol. The van der Waals surface area contributed by atoms with Gasteiger partial charge in [-0.25, -0.2) is 0 Å². The Labute approximate surface area is 144 Å². The van der Waals surface area contributed by atoms with E-state index in [1.807, 2.05) is 18.3 Å². The first-order chi connectivity index (χ1) is 11.6. The Hall–Kier alpha value is -1.85. The van der Waals surface area contributed by atoms with Gasteiger partial charge in [-0.05, 0) is 32.5 Å². The molecule has 24 heavy (non-hydrogen) atoms. The second-order valence-electron chi connectivity index (χ2n) is 6.82. The van der Waals surface area contributed by atoms with Crippen molar-refractivity contribution in [3.05, 3.63) is 30.0 Å². The zero-order chi connectivity index (χ0) is 17.1. The first kappa shape index (κ1) is 17.0. The third-order valence-corrected chi connectivity index (χ3v) is 4.79. The van der Waals surface area contributed by atoms with Gasteiger partial charge in [0.25, 0.3) is 0 Å². The molecule has 1 saturated heterocycles. The molecule has 0 radical (unpaired) electrons. The number of aryl methyl sites for hydroxylation is 1. The molecule has 1 N–H and O–H groups in total. The highest BCUT2D eigenvalue weighted by Gasteiger charge is 2.17. The summed E-state index contributed by atoms with van der Waals surface area (Å²) in [6, 6.07) is 6.48. The van der Waals surface area contributed by atoms with Gasteiger partial charge in [0.2, 0.25) is 0 Å². The van der Waals surface area contributed by atoms with Gasteiger partial charge in [0, 0.05) is 56.0 Å². The number of ether oxygens (including phenoxy) is 1. The van der Waals surface area contributed by atoms with Crippen molar-refractivity contribution in [1.82, 2.24) is 14.8 Å². The van der Waals surface area contributed by atoms with E-state index in [1.54, 1.807) is 7.11 Å². The number of piperazine rings is 1. The molecule has 0 bridgehead atoms. The minimum Gasteiger partial charge on any atom is -0.494 e. The van der Waals surface area contributed by atoms with Crippen LogP contribution in [-0.4, -0.2) is 67.7 Å². The number of pyridine rings is 1. The van der Waals surface area contributed by atoms with Gasteiger partial charge in [-0.3, -0.25) is 9.88 Å². The Balaban J connectivity index is 1.78. The number of anilines is 1. The molecular formula is C19H28N4O.